The SMILES string of the molecule is O=C(COC(=O)c1ccc2cc[nH]c2c1)NCCc1cccc2ccccc12. The quantitative estimate of drug-likeness (QED) is 0.505. The highest BCUT2D eigenvalue weighted by Crippen LogP contribution is 2.18. The maximum Gasteiger partial charge on any atom is 0.338 e. The van der Waals surface area contributed by atoms with Crippen LogP contribution in [0.5, 0.6) is 0 Å². The fourth-order valence-electron chi connectivity index (χ4n) is 3.29. The van der Waals surface area contributed by atoms with Crippen LogP contribution in [0.25, 0.3) is 21.7 Å². The maximum absolute atomic E-state index is 12.1. The number of aromatic nitrogens is 1. The number of esters is 1. The van der Waals surface area contributed by atoms with Crippen molar-refractivity contribution in [2.45, 2.75) is 6.42 Å². The molecule has 3 aromatic carbocycles. The molecule has 140 valence electrons. The highest BCUT2D eigenvalue weighted by molar-refractivity contribution is 5.95. The summed E-state index contributed by atoms with van der Waals surface area (Å²) in [6, 6.07) is 21.5. The lowest BCUT2D eigenvalue weighted by molar-refractivity contribution is -0.124. The van der Waals surface area contributed by atoms with Crippen molar-refractivity contribution >= 4 is 33.6 Å². The molecular formula is C23H20N2O3. The van der Waals surface area contributed by atoms with Gasteiger partial charge in [0.2, 0.25) is 0 Å². The van der Waals surface area contributed by atoms with Gasteiger partial charge in [-0.1, -0.05) is 48.5 Å². The van der Waals surface area contributed by atoms with Crippen LogP contribution in [0, 0.1) is 0 Å². The van der Waals surface area contributed by atoms with Gasteiger partial charge in [-0.25, -0.2) is 4.79 Å². The standard InChI is InChI=1S/C23H20N2O3/c26-22(15-28-23(27)19-9-8-18-11-12-24-21(18)14-19)25-13-10-17-6-3-5-16-4-1-2-7-20(16)17/h1-9,11-12,14,24H,10,13,15H2,(H,25,26). The van der Waals surface area contributed by atoms with Crippen LogP contribution in [0.4, 0.5) is 0 Å². The second-order valence-corrected chi connectivity index (χ2v) is 6.59. The Balaban J connectivity index is 1.28. The molecule has 4 aromatic rings. The van der Waals surface area contributed by atoms with Gasteiger partial charge in [0, 0.05) is 18.3 Å². The van der Waals surface area contributed by atoms with Crippen molar-refractivity contribution in [1.82, 2.24) is 10.3 Å². The van der Waals surface area contributed by atoms with Crippen LogP contribution < -0.4 is 5.32 Å². The number of hydrogen-bond donors (Lipinski definition) is 2. The molecule has 0 aliphatic heterocycles. The molecule has 28 heavy (non-hydrogen) atoms. The molecule has 5 nitrogen and oxygen atoms in total. The third-order valence-corrected chi connectivity index (χ3v) is 4.72. The molecule has 5 heteroatoms. The molecule has 2 N–H and O–H groups in total. The van der Waals surface area contributed by atoms with Crippen LogP contribution in [0.15, 0.2) is 72.9 Å². The molecular weight excluding hydrogens is 352 g/mol. The molecule has 0 saturated heterocycles. The minimum Gasteiger partial charge on any atom is -0.452 e. The first-order valence-electron chi connectivity index (χ1n) is 9.18. The first kappa shape index (κ1) is 17.8. The zero-order valence-electron chi connectivity index (χ0n) is 15.3. The number of rotatable bonds is 6. The van der Waals surface area contributed by atoms with Crippen molar-refractivity contribution in [3.63, 3.8) is 0 Å². The second kappa shape index (κ2) is 7.96. The Morgan fingerprint density at radius 2 is 1.79 bits per heavy atom. The van der Waals surface area contributed by atoms with Gasteiger partial charge in [0.15, 0.2) is 6.61 Å². The van der Waals surface area contributed by atoms with Crippen LogP contribution in [0.3, 0.4) is 0 Å². The molecule has 0 atom stereocenters. The predicted octanol–water partition coefficient (Wildman–Crippen LogP) is 3.84. The van der Waals surface area contributed by atoms with E-state index >= 15 is 0 Å². The number of ether oxygens (including phenoxy) is 1. The number of carbonyl (C=O) groups excluding carboxylic acids is 2. The number of carbonyl (C=O) groups is 2. The first-order chi connectivity index (χ1) is 13.7. The Kier molecular flexibility index (Phi) is 5.06. The fraction of sp³-hybridized carbons (Fsp3) is 0.130. The molecule has 0 saturated carbocycles. The third-order valence-electron chi connectivity index (χ3n) is 4.72. The molecule has 1 aromatic heterocycles. The van der Waals surface area contributed by atoms with Crippen LogP contribution in [0.1, 0.15) is 15.9 Å². The van der Waals surface area contributed by atoms with Crippen LogP contribution in [-0.4, -0.2) is 30.0 Å². The minimum absolute atomic E-state index is 0.295. The molecule has 1 amide bonds. The van der Waals surface area contributed by atoms with Crippen molar-refractivity contribution in [3.8, 4) is 0 Å². The second-order valence-electron chi connectivity index (χ2n) is 6.59. The smallest absolute Gasteiger partial charge is 0.338 e. The lowest BCUT2D eigenvalue weighted by Gasteiger charge is -2.09. The number of H-pyrrole nitrogens is 1. The Labute approximate surface area is 162 Å². The summed E-state index contributed by atoms with van der Waals surface area (Å²) in [6.07, 6.45) is 2.52. The average molecular weight is 372 g/mol. The minimum atomic E-state index is -0.513. The van der Waals surface area contributed by atoms with Crippen molar-refractivity contribution in [1.29, 1.82) is 0 Å². The van der Waals surface area contributed by atoms with E-state index in [2.05, 4.69) is 34.6 Å². The summed E-state index contributed by atoms with van der Waals surface area (Å²) in [6.45, 7) is 0.190. The molecule has 0 aliphatic rings. The number of fused-ring (bicyclic) bond motifs is 2. The van der Waals surface area contributed by atoms with Gasteiger partial charge in [0.25, 0.3) is 5.91 Å². The summed E-state index contributed by atoms with van der Waals surface area (Å²) in [4.78, 5) is 27.2. The van der Waals surface area contributed by atoms with E-state index in [0.717, 1.165) is 10.9 Å². The Hall–Kier alpha value is -3.60. The zero-order valence-corrected chi connectivity index (χ0v) is 15.3. The van der Waals surface area contributed by atoms with E-state index in [0.29, 0.717) is 18.5 Å². The van der Waals surface area contributed by atoms with Gasteiger partial charge in [-0.2, -0.15) is 0 Å². The van der Waals surface area contributed by atoms with Crippen LogP contribution >= 0.6 is 0 Å². The molecule has 1 heterocycles. The molecule has 0 spiro atoms. The Bertz CT molecular complexity index is 1140. The number of benzene rings is 3. The fourth-order valence-corrected chi connectivity index (χ4v) is 3.29. The topological polar surface area (TPSA) is 71.2 Å². The van der Waals surface area contributed by atoms with Crippen molar-refractivity contribution in [2.75, 3.05) is 13.2 Å². The normalized spacial score (nSPS) is 10.9. The Morgan fingerprint density at radius 1 is 0.929 bits per heavy atom. The van der Waals surface area contributed by atoms with Gasteiger partial charge in [-0.15, -0.1) is 0 Å². The van der Waals surface area contributed by atoms with E-state index in [-0.39, 0.29) is 12.5 Å². The largest absolute Gasteiger partial charge is 0.452 e. The van der Waals surface area contributed by atoms with Gasteiger partial charge in [0.05, 0.1) is 5.56 Å². The summed E-state index contributed by atoms with van der Waals surface area (Å²) in [7, 11) is 0. The van der Waals surface area contributed by atoms with Gasteiger partial charge >= 0.3 is 5.97 Å². The van der Waals surface area contributed by atoms with E-state index in [9.17, 15) is 9.59 Å². The van der Waals surface area contributed by atoms with Crippen molar-refractivity contribution < 1.29 is 14.3 Å². The van der Waals surface area contributed by atoms with E-state index in [1.54, 1.807) is 12.1 Å². The summed E-state index contributed by atoms with van der Waals surface area (Å²) in [5.74, 6) is -0.824. The highest BCUT2D eigenvalue weighted by Gasteiger charge is 2.11. The summed E-state index contributed by atoms with van der Waals surface area (Å²) in [5, 5.41) is 6.19. The lowest BCUT2D eigenvalue weighted by Crippen LogP contribution is -2.30. The average Bonchev–Trinajstić information content (AvgIpc) is 3.20. The molecule has 4 rings (SSSR count). The summed E-state index contributed by atoms with van der Waals surface area (Å²) >= 11 is 0. The van der Waals surface area contributed by atoms with Crippen LogP contribution in [-0.2, 0) is 16.0 Å². The number of nitrogens with one attached hydrogen (secondary N) is 2. The van der Waals surface area contributed by atoms with E-state index in [1.165, 1.54) is 16.3 Å². The summed E-state index contributed by atoms with van der Waals surface area (Å²) in [5.41, 5.74) is 2.45. The lowest BCUT2D eigenvalue weighted by atomic mass is 10.0. The van der Waals surface area contributed by atoms with Gasteiger partial charge in [-0.05, 0) is 46.3 Å². The molecule has 0 aliphatic carbocycles. The molecule has 0 fully saturated rings. The number of hydrogen-bond acceptors (Lipinski definition) is 3. The van der Waals surface area contributed by atoms with E-state index in [4.69, 9.17) is 4.74 Å². The first-order valence-corrected chi connectivity index (χ1v) is 9.18. The molecule has 0 unspecified atom stereocenters. The third kappa shape index (κ3) is 3.88. The van der Waals surface area contributed by atoms with Crippen molar-refractivity contribution in [3.05, 3.63) is 84.1 Å². The number of aromatic amines is 1. The van der Waals surface area contributed by atoms with Gasteiger partial charge in [0.1, 0.15) is 0 Å². The monoisotopic (exact) mass is 372 g/mol. The zero-order chi connectivity index (χ0) is 19.3. The van der Waals surface area contributed by atoms with Gasteiger partial charge < -0.3 is 15.0 Å². The van der Waals surface area contributed by atoms with Crippen molar-refractivity contribution in [2.24, 2.45) is 0 Å². The highest BCUT2D eigenvalue weighted by atomic mass is 16.5. The maximum atomic E-state index is 12.1. The van der Waals surface area contributed by atoms with Crippen LogP contribution in [0.2, 0.25) is 0 Å². The molecule has 0 radical (unpaired) electrons. The van der Waals surface area contributed by atoms with E-state index in [1.807, 2.05) is 36.5 Å². The predicted molar refractivity (Wildman–Crippen MR) is 109 cm³/mol. The molecule has 0 bridgehead atoms. The number of amides is 1. The Morgan fingerprint density at radius 3 is 2.71 bits per heavy atom. The summed E-state index contributed by atoms with van der Waals surface area (Å²) < 4.78 is 5.12. The van der Waals surface area contributed by atoms with Gasteiger partial charge in [-0.3, -0.25) is 4.79 Å². The van der Waals surface area contributed by atoms with E-state index < -0.39 is 5.97 Å².